The molecule has 3 aromatic rings. The van der Waals surface area contributed by atoms with Gasteiger partial charge in [0.25, 0.3) is 5.91 Å². The van der Waals surface area contributed by atoms with Gasteiger partial charge in [0.1, 0.15) is 16.9 Å². The fourth-order valence-electron chi connectivity index (χ4n) is 4.80. The Morgan fingerprint density at radius 3 is 2.78 bits per heavy atom. The molecule has 1 amide bonds. The SMILES string of the molecule is CN(C)C1CCN(c2cc3c(cc2NC(=O)c2cnn4cccnc24)CC(C)(C)O3)CC1. The number of nitrogens with one attached hydrogen (secondary N) is 1. The zero-order valence-electron chi connectivity index (χ0n) is 19.1. The average molecular weight is 435 g/mol. The summed E-state index contributed by atoms with van der Waals surface area (Å²) in [5.41, 5.74) is 3.70. The van der Waals surface area contributed by atoms with E-state index in [1.54, 1.807) is 29.2 Å². The highest BCUT2D eigenvalue weighted by Crippen LogP contribution is 2.42. The maximum atomic E-state index is 13.2. The van der Waals surface area contributed by atoms with Crippen molar-refractivity contribution in [2.24, 2.45) is 0 Å². The molecule has 8 heteroatoms. The molecule has 0 unspecified atom stereocenters. The first kappa shape index (κ1) is 20.8. The molecule has 5 rings (SSSR count). The number of hydrogen-bond donors (Lipinski definition) is 1. The number of amides is 1. The topological polar surface area (TPSA) is 75.0 Å². The Morgan fingerprint density at radius 2 is 2.03 bits per heavy atom. The monoisotopic (exact) mass is 434 g/mol. The van der Waals surface area contributed by atoms with E-state index in [0.717, 1.165) is 55.0 Å². The minimum absolute atomic E-state index is 0.207. The second-order valence-electron chi connectivity index (χ2n) is 9.60. The van der Waals surface area contributed by atoms with Crippen LogP contribution in [0.15, 0.2) is 36.8 Å². The molecule has 0 saturated carbocycles. The van der Waals surface area contributed by atoms with E-state index in [-0.39, 0.29) is 11.5 Å². The van der Waals surface area contributed by atoms with Crippen LogP contribution in [-0.4, -0.2) is 64.2 Å². The number of aromatic nitrogens is 3. The van der Waals surface area contributed by atoms with E-state index in [9.17, 15) is 4.79 Å². The van der Waals surface area contributed by atoms with Crippen LogP contribution in [0.1, 0.15) is 42.6 Å². The van der Waals surface area contributed by atoms with E-state index in [1.165, 1.54) is 0 Å². The molecule has 0 atom stereocenters. The van der Waals surface area contributed by atoms with E-state index in [4.69, 9.17) is 4.74 Å². The minimum Gasteiger partial charge on any atom is -0.487 e. The van der Waals surface area contributed by atoms with Crippen molar-refractivity contribution in [3.63, 3.8) is 0 Å². The van der Waals surface area contributed by atoms with Gasteiger partial charge in [-0.2, -0.15) is 5.10 Å². The van der Waals surface area contributed by atoms with E-state index in [2.05, 4.69) is 65.3 Å². The normalized spacial score (nSPS) is 18.1. The predicted octanol–water partition coefficient (Wildman–Crippen LogP) is 3.23. The summed E-state index contributed by atoms with van der Waals surface area (Å²) in [7, 11) is 4.28. The largest absolute Gasteiger partial charge is 0.487 e. The lowest BCUT2D eigenvalue weighted by Gasteiger charge is -2.37. The molecule has 0 radical (unpaired) electrons. The molecule has 2 aromatic heterocycles. The first-order valence-electron chi connectivity index (χ1n) is 11.2. The number of ether oxygens (including phenoxy) is 1. The Hall–Kier alpha value is -3.13. The van der Waals surface area contributed by atoms with Crippen LogP contribution in [-0.2, 0) is 6.42 Å². The smallest absolute Gasteiger partial charge is 0.261 e. The number of nitrogens with zero attached hydrogens (tertiary/aromatic N) is 5. The summed E-state index contributed by atoms with van der Waals surface area (Å²) in [4.78, 5) is 22.2. The van der Waals surface area contributed by atoms with Crippen molar-refractivity contribution >= 4 is 22.9 Å². The highest BCUT2D eigenvalue weighted by atomic mass is 16.5. The Balaban J connectivity index is 1.47. The van der Waals surface area contributed by atoms with Gasteiger partial charge in [-0.1, -0.05) is 0 Å². The zero-order valence-corrected chi connectivity index (χ0v) is 19.1. The van der Waals surface area contributed by atoms with Crippen molar-refractivity contribution in [2.45, 2.75) is 44.8 Å². The minimum atomic E-state index is -0.244. The molecular weight excluding hydrogens is 404 g/mol. The van der Waals surface area contributed by atoms with Crippen LogP contribution in [0.5, 0.6) is 5.75 Å². The lowest BCUT2D eigenvalue weighted by atomic mass is 9.99. The van der Waals surface area contributed by atoms with Gasteiger partial charge in [0.15, 0.2) is 5.65 Å². The summed E-state index contributed by atoms with van der Waals surface area (Å²) in [6.45, 7) is 6.06. The predicted molar refractivity (Wildman–Crippen MR) is 125 cm³/mol. The van der Waals surface area contributed by atoms with Gasteiger partial charge in [-0.15, -0.1) is 0 Å². The summed E-state index contributed by atoms with van der Waals surface area (Å²) in [5.74, 6) is 0.705. The molecule has 1 N–H and O–H groups in total. The van der Waals surface area contributed by atoms with Crippen LogP contribution >= 0.6 is 0 Å². The number of fused-ring (bicyclic) bond motifs is 2. The van der Waals surface area contributed by atoms with Gasteiger partial charge in [-0.3, -0.25) is 4.79 Å². The van der Waals surface area contributed by atoms with Gasteiger partial charge in [-0.25, -0.2) is 9.50 Å². The number of carbonyl (C=O) groups is 1. The maximum absolute atomic E-state index is 13.2. The summed E-state index contributed by atoms with van der Waals surface area (Å²) >= 11 is 0. The number of anilines is 2. The number of benzene rings is 1. The van der Waals surface area contributed by atoms with Crippen LogP contribution in [0.4, 0.5) is 11.4 Å². The van der Waals surface area contributed by atoms with Crippen molar-refractivity contribution in [1.82, 2.24) is 19.5 Å². The second kappa shape index (κ2) is 7.78. The molecule has 0 aliphatic carbocycles. The van der Waals surface area contributed by atoms with Gasteiger partial charge in [0.05, 0.1) is 17.6 Å². The first-order valence-corrected chi connectivity index (χ1v) is 11.2. The molecule has 1 saturated heterocycles. The van der Waals surface area contributed by atoms with Crippen molar-refractivity contribution in [1.29, 1.82) is 0 Å². The highest BCUT2D eigenvalue weighted by molar-refractivity contribution is 6.09. The summed E-state index contributed by atoms with van der Waals surface area (Å²) in [6.07, 6.45) is 8.01. The fraction of sp³-hybridized carbons (Fsp3) is 0.458. The third-order valence-corrected chi connectivity index (χ3v) is 6.49. The van der Waals surface area contributed by atoms with Crippen molar-refractivity contribution in [3.8, 4) is 5.75 Å². The highest BCUT2D eigenvalue weighted by Gasteiger charge is 2.33. The number of piperidine rings is 1. The molecule has 2 aliphatic rings. The van der Waals surface area contributed by atoms with E-state index < -0.39 is 0 Å². The molecule has 168 valence electrons. The third-order valence-electron chi connectivity index (χ3n) is 6.49. The zero-order chi connectivity index (χ0) is 22.5. The average Bonchev–Trinajstić information content (AvgIpc) is 3.32. The molecule has 1 aromatic carbocycles. The molecule has 4 heterocycles. The van der Waals surface area contributed by atoms with Gasteiger partial charge in [0.2, 0.25) is 0 Å². The number of hydrogen-bond acceptors (Lipinski definition) is 6. The van der Waals surface area contributed by atoms with Crippen molar-refractivity contribution < 1.29 is 9.53 Å². The molecule has 1 fully saturated rings. The maximum Gasteiger partial charge on any atom is 0.261 e. The molecule has 32 heavy (non-hydrogen) atoms. The Bertz CT molecular complexity index is 1160. The molecule has 0 spiro atoms. The lowest BCUT2D eigenvalue weighted by molar-refractivity contribution is 0.102. The summed E-state index contributed by atoms with van der Waals surface area (Å²) in [5, 5.41) is 7.41. The van der Waals surface area contributed by atoms with E-state index in [0.29, 0.717) is 17.3 Å². The van der Waals surface area contributed by atoms with E-state index in [1.807, 2.05) is 0 Å². The Morgan fingerprint density at radius 1 is 1.25 bits per heavy atom. The summed E-state index contributed by atoms with van der Waals surface area (Å²) < 4.78 is 7.82. The van der Waals surface area contributed by atoms with Crippen LogP contribution in [0.3, 0.4) is 0 Å². The third kappa shape index (κ3) is 3.79. The lowest BCUT2D eigenvalue weighted by Crippen LogP contribution is -2.42. The van der Waals surface area contributed by atoms with Crippen molar-refractivity contribution in [3.05, 3.63) is 47.9 Å². The van der Waals surface area contributed by atoms with Crippen LogP contribution < -0.4 is 15.0 Å². The second-order valence-corrected chi connectivity index (χ2v) is 9.60. The quantitative estimate of drug-likeness (QED) is 0.680. The number of rotatable bonds is 4. The van der Waals surface area contributed by atoms with Gasteiger partial charge in [0, 0.05) is 49.6 Å². The van der Waals surface area contributed by atoms with Crippen molar-refractivity contribution in [2.75, 3.05) is 37.4 Å². The molecule has 0 bridgehead atoms. The van der Waals surface area contributed by atoms with Gasteiger partial charge < -0.3 is 19.9 Å². The number of carbonyl (C=O) groups excluding carboxylic acids is 1. The van der Waals surface area contributed by atoms with Gasteiger partial charge >= 0.3 is 0 Å². The Labute approximate surface area is 188 Å². The fourth-order valence-corrected chi connectivity index (χ4v) is 4.80. The molecular formula is C24H30N6O2. The van der Waals surface area contributed by atoms with Crippen LogP contribution in [0, 0.1) is 0 Å². The van der Waals surface area contributed by atoms with Gasteiger partial charge in [-0.05, 0) is 52.9 Å². The first-order chi connectivity index (χ1) is 15.3. The molecule has 2 aliphatic heterocycles. The molecule has 8 nitrogen and oxygen atoms in total. The van der Waals surface area contributed by atoms with Crippen LogP contribution in [0.25, 0.3) is 5.65 Å². The van der Waals surface area contributed by atoms with E-state index >= 15 is 0 Å². The standard InChI is InChI=1S/C24H30N6O2/c1-24(2)14-16-12-19(27-23(31)18-15-26-30-9-5-8-25-22(18)30)20(13-21(16)32-24)29-10-6-17(7-11-29)28(3)4/h5,8-9,12-13,15,17H,6-7,10-11,14H2,1-4H3,(H,27,31). The van der Waals surface area contributed by atoms with Crippen LogP contribution in [0.2, 0.25) is 0 Å². The Kier molecular flexibility index (Phi) is 5.04. The summed E-state index contributed by atoms with van der Waals surface area (Å²) in [6, 6.07) is 6.55.